The Balaban J connectivity index is 2.19. The quantitative estimate of drug-likeness (QED) is 0.653. The molecule has 21 heavy (non-hydrogen) atoms. The molecule has 0 saturated carbocycles. The van der Waals surface area contributed by atoms with E-state index in [1.165, 1.54) is 12.3 Å². The van der Waals surface area contributed by atoms with E-state index in [0.717, 1.165) is 6.07 Å². The number of hydrogen-bond donors (Lipinski definition) is 2. The number of benzene rings is 1. The Morgan fingerprint density at radius 3 is 2.90 bits per heavy atom. The molecule has 0 bridgehead atoms. The van der Waals surface area contributed by atoms with Gasteiger partial charge in [0.15, 0.2) is 5.82 Å². The highest BCUT2D eigenvalue weighted by Crippen LogP contribution is 2.25. The second-order valence-electron chi connectivity index (χ2n) is 3.89. The number of hydrazine groups is 1. The molecule has 0 amide bonds. The lowest BCUT2D eigenvalue weighted by atomic mass is 10.2. The molecule has 8 heteroatoms. The van der Waals surface area contributed by atoms with E-state index in [1.54, 1.807) is 19.1 Å². The molecular weight excluding hydrogens is 299 g/mol. The lowest BCUT2D eigenvalue weighted by Crippen LogP contribution is -2.13. The van der Waals surface area contributed by atoms with Crippen LogP contribution >= 0.6 is 11.6 Å². The lowest BCUT2D eigenvalue weighted by molar-refractivity contribution is 0.0526. The van der Waals surface area contributed by atoms with Gasteiger partial charge >= 0.3 is 5.97 Å². The summed E-state index contributed by atoms with van der Waals surface area (Å²) in [4.78, 5) is 11.7. The molecule has 2 aromatic rings. The molecule has 6 nitrogen and oxygen atoms in total. The van der Waals surface area contributed by atoms with E-state index in [-0.39, 0.29) is 22.9 Å². The second-order valence-corrected chi connectivity index (χ2v) is 4.30. The Kier molecular flexibility index (Phi) is 4.89. The normalized spacial score (nSPS) is 10.0. The van der Waals surface area contributed by atoms with Crippen molar-refractivity contribution in [2.24, 2.45) is 0 Å². The van der Waals surface area contributed by atoms with Crippen LogP contribution in [0.25, 0.3) is 0 Å². The van der Waals surface area contributed by atoms with Gasteiger partial charge in [-0.1, -0.05) is 11.6 Å². The predicted octanol–water partition coefficient (Wildman–Crippen LogP) is 2.88. The molecule has 0 spiro atoms. The highest BCUT2D eigenvalue weighted by Gasteiger charge is 2.15. The van der Waals surface area contributed by atoms with Crippen molar-refractivity contribution in [3.05, 3.63) is 46.9 Å². The van der Waals surface area contributed by atoms with Gasteiger partial charge in [0.2, 0.25) is 0 Å². The number of carbonyl (C=O) groups is 1. The molecular formula is C13H12ClFN4O2. The molecule has 110 valence electrons. The molecule has 0 atom stereocenters. The predicted molar refractivity (Wildman–Crippen MR) is 76.6 cm³/mol. The fraction of sp³-hybridized carbons (Fsp3) is 0.154. The van der Waals surface area contributed by atoms with Crippen molar-refractivity contribution in [2.45, 2.75) is 6.92 Å². The van der Waals surface area contributed by atoms with Crippen molar-refractivity contribution in [3.63, 3.8) is 0 Å². The van der Waals surface area contributed by atoms with Crippen LogP contribution in [0.5, 0.6) is 0 Å². The topological polar surface area (TPSA) is 76.1 Å². The Labute approximate surface area is 125 Å². The highest BCUT2D eigenvalue weighted by atomic mass is 35.5. The molecule has 0 saturated heterocycles. The smallest absolute Gasteiger partial charge is 0.339 e. The average molecular weight is 311 g/mol. The Morgan fingerprint density at radius 2 is 2.24 bits per heavy atom. The number of anilines is 2. The van der Waals surface area contributed by atoms with Crippen LogP contribution in [0.15, 0.2) is 30.5 Å². The molecule has 0 aliphatic carbocycles. The summed E-state index contributed by atoms with van der Waals surface area (Å²) in [6.45, 7) is 1.87. The summed E-state index contributed by atoms with van der Waals surface area (Å²) in [5, 5.41) is 7.41. The molecule has 1 aromatic heterocycles. The van der Waals surface area contributed by atoms with E-state index in [2.05, 4.69) is 21.0 Å². The van der Waals surface area contributed by atoms with Crippen LogP contribution < -0.4 is 10.9 Å². The van der Waals surface area contributed by atoms with Gasteiger partial charge in [-0.3, -0.25) is 10.9 Å². The standard InChI is InChI=1S/C13H12ClFN4O2/c1-2-21-13(20)8-6-11(10(15)7-9(8)14)17-19-12-4-3-5-16-18-12/h3-7,17H,2H2,1H3,(H,18,19). The summed E-state index contributed by atoms with van der Waals surface area (Å²) in [7, 11) is 0. The van der Waals surface area contributed by atoms with Crippen LogP contribution in [0.3, 0.4) is 0 Å². The van der Waals surface area contributed by atoms with E-state index in [0.29, 0.717) is 5.82 Å². The van der Waals surface area contributed by atoms with Crippen molar-refractivity contribution >= 4 is 29.1 Å². The third kappa shape index (κ3) is 3.79. The lowest BCUT2D eigenvalue weighted by Gasteiger charge is -2.11. The molecule has 0 aliphatic rings. The van der Waals surface area contributed by atoms with Crippen molar-refractivity contribution in [1.82, 2.24) is 10.2 Å². The molecule has 0 aliphatic heterocycles. The Hall–Kier alpha value is -2.41. The number of hydrogen-bond acceptors (Lipinski definition) is 6. The van der Waals surface area contributed by atoms with Crippen LogP contribution in [-0.4, -0.2) is 22.8 Å². The maximum atomic E-state index is 13.8. The van der Waals surface area contributed by atoms with Gasteiger partial charge in [-0.25, -0.2) is 9.18 Å². The minimum absolute atomic E-state index is 0.0176. The maximum Gasteiger partial charge on any atom is 0.339 e. The van der Waals surface area contributed by atoms with Gasteiger partial charge in [0.1, 0.15) is 5.82 Å². The third-order valence-corrected chi connectivity index (χ3v) is 2.76. The summed E-state index contributed by atoms with van der Waals surface area (Å²) in [5.74, 6) is -0.848. The fourth-order valence-electron chi connectivity index (χ4n) is 1.51. The molecule has 0 fully saturated rings. The summed E-state index contributed by atoms with van der Waals surface area (Å²) >= 11 is 5.84. The molecule has 1 aromatic carbocycles. The zero-order chi connectivity index (χ0) is 15.2. The number of ether oxygens (including phenoxy) is 1. The number of nitrogens with zero attached hydrogens (tertiary/aromatic N) is 2. The van der Waals surface area contributed by atoms with E-state index >= 15 is 0 Å². The van der Waals surface area contributed by atoms with Crippen molar-refractivity contribution < 1.29 is 13.9 Å². The maximum absolute atomic E-state index is 13.8. The van der Waals surface area contributed by atoms with Crippen LogP contribution in [0.2, 0.25) is 5.02 Å². The largest absolute Gasteiger partial charge is 0.462 e. The number of esters is 1. The minimum Gasteiger partial charge on any atom is -0.462 e. The van der Waals surface area contributed by atoms with Crippen molar-refractivity contribution in [3.8, 4) is 0 Å². The fourth-order valence-corrected chi connectivity index (χ4v) is 1.74. The summed E-state index contributed by atoms with van der Waals surface area (Å²) in [6.07, 6.45) is 1.51. The van der Waals surface area contributed by atoms with Gasteiger partial charge in [-0.2, -0.15) is 5.10 Å². The summed E-state index contributed by atoms with van der Waals surface area (Å²) < 4.78 is 18.7. The summed E-state index contributed by atoms with van der Waals surface area (Å²) in [6, 6.07) is 5.60. The van der Waals surface area contributed by atoms with Gasteiger partial charge in [-0.15, -0.1) is 5.10 Å². The molecule has 2 N–H and O–H groups in total. The van der Waals surface area contributed by atoms with Crippen LogP contribution in [-0.2, 0) is 4.74 Å². The van der Waals surface area contributed by atoms with Crippen molar-refractivity contribution in [2.75, 3.05) is 17.5 Å². The first kappa shape index (κ1) is 15.0. The van der Waals surface area contributed by atoms with Gasteiger partial charge < -0.3 is 4.74 Å². The number of aromatic nitrogens is 2. The monoisotopic (exact) mass is 310 g/mol. The van der Waals surface area contributed by atoms with Crippen LogP contribution in [0, 0.1) is 5.82 Å². The Morgan fingerprint density at radius 1 is 1.43 bits per heavy atom. The third-order valence-electron chi connectivity index (χ3n) is 2.45. The Bertz CT molecular complexity index is 640. The minimum atomic E-state index is -0.621. The SMILES string of the molecule is CCOC(=O)c1cc(NNc2cccnn2)c(F)cc1Cl. The number of nitrogens with one attached hydrogen (secondary N) is 2. The van der Waals surface area contributed by atoms with Crippen molar-refractivity contribution in [1.29, 1.82) is 0 Å². The number of rotatable bonds is 5. The number of halogens is 2. The van der Waals surface area contributed by atoms with Gasteiger partial charge in [-0.05, 0) is 31.2 Å². The molecule has 2 rings (SSSR count). The molecule has 0 radical (unpaired) electrons. The first-order valence-corrected chi connectivity index (χ1v) is 6.45. The van der Waals surface area contributed by atoms with E-state index in [1.807, 2.05) is 0 Å². The average Bonchev–Trinajstić information content (AvgIpc) is 2.47. The first-order valence-electron chi connectivity index (χ1n) is 6.07. The zero-order valence-electron chi connectivity index (χ0n) is 11.1. The van der Waals surface area contributed by atoms with E-state index < -0.39 is 11.8 Å². The van der Waals surface area contributed by atoms with E-state index in [4.69, 9.17) is 16.3 Å². The molecule has 0 unspecified atom stereocenters. The molecule has 1 heterocycles. The summed E-state index contributed by atoms with van der Waals surface area (Å²) in [5.41, 5.74) is 5.37. The second kappa shape index (κ2) is 6.85. The van der Waals surface area contributed by atoms with Gasteiger partial charge in [0.25, 0.3) is 0 Å². The van der Waals surface area contributed by atoms with E-state index in [9.17, 15) is 9.18 Å². The van der Waals surface area contributed by atoms with Crippen LogP contribution in [0.1, 0.15) is 17.3 Å². The zero-order valence-corrected chi connectivity index (χ0v) is 11.8. The van der Waals surface area contributed by atoms with Crippen LogP contribution in [0.4, 0.5) is 15.9 Å². The first-order chi connectivity index (χ1) is 10.1. The van der Waals surface area contributed by atoms with Gasteiger partial charge in [0.05, 0.1) is 22.9 Å². The number of carbonyl (C=O) groups excluding carboxylic acids is 1. The highest BCUT2D eigenvalue weighted by molar-refractivity contribution is 6.33. The van der Waals surface area contributed by atoms with Gasteiger partial charge in [0, 0.05) is 6.20 Å².